The van der Waals surface area contributed by atoms with Gasteiger partial charge in [0.05, 0.1) is 11.4 Å². The first-order chi connectivity index (χ1) is 16.8. The lowest BCUT2D eigenvalue weighted by Crippen LogP contribution is -2.43. The molecule has 2 aromatic carbocycles. The molecule has 35 heavy (non-hydrogen) atoms. The molecular weight excluding hydrogens is 488 g/mol. The summed E-state index contributed by atoms with van der Waals surface area (Å²) < 4.78 is 26.0. The second-order valence-corrected chi connectivity index (χ2v) is 11.2. The Morgan fingerprint density at radius 1 is 1.03 bits per heavy atom. The molecule has 2 aromatic rings. The van der Waals surface area contributed by atoms with E-state index in [9.17, 15) is 22.8 Å². The molecule has 0 atom stereocenters. The maximum Gasteiger partial charge on any atom is 0.341 e. The molecule has 0 spiro atoms. The van der Waals surface area contributed by atoms with Gasteiger partial charge in [-0.3, -0.25) is 9.69 Å². The largest absolute Gasteiger partial charge is 0.341 e. The molecule has 0 unspecified atom stereocenters. The minimum Gasteiger partial charge on any atom is -0.337 e. The maximum atomic E-state index is 12.8. The van der Waals surface area contributed by atoms with Crippen molar-refractivity contribution in [2.75, 3.05) is 6.54 Å². The minimum absolute atomic E-state index is 0.0382. The third-order valence-electron chi connectivity index (χ3n) is 6.31. The fraction of sp³-hybridized carbons (Fsp3) is 0.375. The summed E-state index contributed by atoms with van der Waals surface area (Å²) >= 11 is 3.94. The molecular formula is C24H28N4O5S2. The number of fused-ring (bicyclic) bond motifs is 1. The number of carbonyl (C=O) groups is 3. The number of amides is 5. The SMILES string of the molecule is O=C(NCCc1ccc(S(=O)(=O)N(S)C(=O)NC2CCCCC2)cc1)N1Cc2ccccc2C1=O. The molecule has 1 heterocycles. The summed E-state index contributed by atoms with van der Waals surface area (Å²) in [7, 11) is -4.11. The minimum atomic E-state index is -4.11. The lowest BCUT2D eigenvalue weighted by molar-refractivity contribution is 0.0821. The number of thiol groups is 1. The van der Waals surface area contributed by atoms with E-state index in [1.807, 2.05) is 12.1 Å². The van der Waals surface area contributed by atoms with Gasteiger partial charge in [-0.2, -0.15) is 3.71 Å². The molecule has 2 N–H and O–H groups in total. The Morgan fingerprint density at radius 3 is 2.40 bits per heavy atom. The molecule has 186 valence electrons. The number of nitrogens with zero attached hydrogens (tertiary/aromatic N) is 2. The predicted molar refractivity (Wildman–Crippen MR) is 133 cm³/mol. The third kappa shape index (κ3) is 5.62. The Balaban J connectivity index is 1.28. The summed E-state index contributed by atoms with van der Waals surface area (Å²) in [5, 5.41) is 5.47. The van der Waals surface area contributed by atoms with Crippen molar-refractivity contribution in [2.24, 2.45) is 0 Å². The molecule has 1 aliphatic carbocycles. The second-order valence-electron chi connectivity index (χ2n) is 8.71. The summed E-state index contributed by atoms with van der Waals surface area (Å²) in [6.07, 6.45) is 5.24. The van der Waals surface area contributed by atoms with Crippen molar-refractivity contribution in [2.45, 2.75) is 56.0 Å². The van der Waals surface area contributed by atoms with Crippen LogP contribution in [0.3, 0.4) is 0 Å². The van der Waals surface area contributed by atoms with Crippen molar-refractivity contribution in [3.8, 4) is 0 Å². The van der Waals surface area contributed by atoms with E-state index in [0.717, 1.165) is 43.2 Å². The number of benzene rings is 2. The molecule has 0 aromatic heterocycles. The maximum absolute atomic E-state index is 12.8. The number of imide groups is 1. The second kappa shape index (κ2) is 10.7. The van der Waals surface area contributed by atoms with Crippen LogP contribution in [0.25, 0.3) is 0 Å². The summed E-state index contributed by atoms with van der Waals surface area (Å²) in [5.74, 6) is -0.323. The van der Waals surface area contributed by atoms with Gasteiger partial charge in [0.25, 0.3) is 15.9 Å². The van der Waals surface area contributed by atoms with Crippen molar-refractivity contribution in [3.05, 3.63) is 65.2 Å². The van der Waals surface area contributed by atoms with Gasteiger partial charge in [-0.05, 0) is 61.4 Å². The topological polar surface area (TPSA) is 116 Å². The zero-order valence-corrected chi connectivity index (χ0v) is 20.9. The number of urea groups is 2. The van der Waals surface area contributed by atoms with E-state index in [2.05, 4.69) is 23.4 Å². The molecule has 2 aliphatic rings. The summed E-state index contributed by atoms with van der Waals surface area (Å²) in [4.78, 5) is 38.3. The fourth-order valence-corrected chi connectivity index (χ4v) is 5.63. The van der Waals surface area contributed by atoms with Crippen molar-refractivity contribution in [1.29, 1.82) is 0 Å². The van der Waals surface area contributed by atoms with Gasteiger partial charge in [0.15, 0.2) is 0 Å². The monoisotopic (exact) mass is 516 g/mol. The van der Waals surface area contributed by atoms with Crippen LogP contribution in [0.5, 0.6) is 0 Å². The molecule has 0 saturated heterocycles. The predicted octanol–water partition coefficient (Wildman–Crippen LogP) is 3.47. The summed E-state index contributed by atoms with van der Waals surface area (Å²) in [6.45, 7) is 0.509. The normalized spacial score (nSPS) is 16.0. The van der Waals surface area contributed by atoms with Crippen LogP contribution in [0.15, 0.2) is 53.4 Å². The Kier molecular flexibility index (Phi) is 7.66. The Bertz CT molecular complexity index is 1210. The van der Waals surface area contributed by atoms with Gasteiger partial charge >= 0.3 is 12.1 Å². The van der Waals surface area contributed by atoms with E-state index >= 15 is 0 Å². The highest BCUT2D eigenvalue weighted by Crippen LogP contribution is 2.23. The van der Waals surface area contributed by atoms with E-state index in [-0.39, 0.29) is 29.9 Å². The molecule has 5 amide bonds. The first-order valence-electron chi connectivity index (χ1n) is 11.6. The highest BCUT2D eigenvalue weighted by atomic mass is 32.3. The van der Waals surface area contributed by atoms with E-state index in [4.69, 9.17) is 0 Å². The molecule has 9 nitrogen and oxygen atoms in total. The number of nitrogens with one attached hydrogen (secondary N) is 2. The van der Waals surface area contributed by atoms with E-state index in [1.165, 1.54) is 17.0 Å². The van der Waals surface area contributed by atoms with Crippen molar-refractivity contribution in [1.82, 2.24) is 19.2 Å². The van der Waals surface area contributed by atoms with Gasteiger partial charge in [-0.15, -0.1) is 0 Å². The van der Waals surface area contributed by atoms with Crippen LogP contribution >= 0.6 is 12.8 Å². The standard InChI is InChI=1S/C24H28N4O5S2/c29-22-21-9-5-4-6-18(21)16-27(22)23(30)25-15-14-17-10-12-20(13-11-17)35(32,33)28(34)24(31)26-19-7-2-1-3-8-19/h4-6,9-13,19,34H,1-3,7-8,14-16H2,(H,25,30)(H,26,31). The Labute approximate surface area is 210 Å². The summed E-state index contributed by atoms with van der Waals surface area (Å²) in [5.41, 5.74) is 2.14. The van der Waals surface area contributed by atoms with Gasteiger partial charge in [0, 0.05) is 18.2 Å². The number of hydrogen-bond donors (Lipinski definition) is 3. The van der Waals surface area contributed by atoms with Crippen molar-refractivity contribution >= 4 is 40.8 Å². The Hall–Kier alpha value is -3.05. The average Bonchev–Trinajstić information content (AvgIpc) is 3.21. The highest BCUT2D eigenvalue weighted by Gasteiger charge is 2.31. The quantitative estimate of drug-likeness (QED) is 0.509. The lowest BCUT2D eigenvalue weighted by Gasteiger charge is -2.25. The zero-order valence-electron chi connectivity index (χ0n) is 19.1. The van der Waals surface area contributed by atoms with Crippen LogP contribution in [0.1, 0.15) is 53.6 Å². The first kappa shape index (κ1) is 25.1. The van der Waals surface area contributed by atoms with Crippen LogP contribution in [0.4, 0.5) is 9.59 Å². The van der Waals surface area contributed by atoms with Gasteiger partial charge in [-0.25, -0.2) is 18.0 Å². The van der Waals surface area contributed by atoms with Crippen LogP contribution in [-0.2, 0) is 23.0 Å². The molecule has 1 aliphatic heterocycles. The van der Waals surface area contributed by atoms with E-state index in [1.54, 1.807) is 24.3 Å². The highest BCUT2D eigenvalue weighted by molar-refractivity contribution is 8.00. The molecule has 4 rings (SSSR count). The number of hydrogen-bond acceptors (Lipinski definition) is 6. The third-order valence-corrected chi connectivity index (χ3v) is 8.63. The Morgan fingerprint density at radius 2 is 1.71 bits per heavy atom. The average molecular weight is 517 g/mol. The molecule has 1 fully saturated rings. The first-order valence-corrected chi connectivity index (χ1v) is 13.4. The number of sulfonamides is 1. The van der Waals surface area contributed by atoms with Crippen LogP contribution in [0.2, 0.25) is 0 Å². The van der Waals surface area contributed by atoms with Crippen LogP contribution < -0.4 is 10.6 Å². The molecule has 0 bridgehead atoms. The van der Waals surface area contributed by atoms with Gasteiger partial charge in [-0.1, -0.05) is 49.6 Å². The molecule has 1 saturated carbocycles. The summed E-state index contributed by atoms with van der Waals surface area (Å²) in [6, 6.07) is 11.9. The number of carbonyl (C=O) groups excluding carboxylic acids is 3. The lowest BCUT2D eigenvalue weighted by atomic mass is 9.96. The van der Waals surface area contributed by atoms with Crippen molar-refractivity contribution < 1.29 is 22.8 Å². The zero-order chi connectivity index (χ0) is 25.0. The van der Waals surface area contributed by atoms with E-state index in [0.29, 0.717) is 15.7 Å². The van der Waals surface area contributed by atoms with Crippen molar-refractivity contribution in [3.63, 3.8) is 0 Å². The van der Waals surface area contributed by atoms with Crippen LogP contribution in [-0.4, -0.2) is 47.6 Å². The van der Waals surface area contributed by atoms with Gasteiger partial charge in [0.2, 0.25) is 0 Å². The number of rotatable bonds is 6. The van der Waals surface area contributed by atoms with Crippen LogP contribution in [0, 0.1) is 0 Å². The van der Waals surface area contributed by atoms with Gasteiger partial charge < -0.3 is 10.6 Å². The fourth-order valence-electron chi connectivity index (χ4n) is 4.34. The molecule has 0 radical (unpaired) electrons. The van der Waals surface area contributed by atoms with E-state index < -0.39 is 22.1 Å². The molecule has 11 heteroatoms. The van der Waals surface area contributed by atoms with Gasteiger partial charge in [0.1, 0.15) is 0 Å². The smallest absolute Gasteiger partial charge is 0.337 e.